The number of benzene rings is 11. The van der Waals surface area contributed by atoms with Crippen molar-refractivity contribution in [3.8, 4) is 77.9 Å². The molecule has 13 rings (SSSR count). The third-order valence-corrected chi connectivity index (χ3v) is 15.2. The molecule has 0 saturated heterocycles. The van der Waals surface area contributed by atoms with Crippen LogP contribution in [0.2, 0.25) is 0 Å². The van der Waals surface area contributed by atoms with E-state index in [1.807, 2.05) is 0 Å². The standard InChI is InChI=1S/C66H48/c1-65(2)58-30-18-17-26-50(58)56-39-61-57(40-60(56)65)51-33-32-44(38-59(51)66(61,3)4)46-35-45(41-19-7-5-8-20-41)36-47(37-46)62-53-28-15-16-29-54(53)63(55-34-31-43-23-11-12-25-49(43)64(55)62)52-27-14-13-24-48(52)42-21-9-6-10-22-42/h5-40H,1-4H3. The Morgan fingerprint density at radius 1 is 0.242 bits per heavy atom. The highest BCUT2D eigenvalue weighted by Gasteiger charge is 2.41. The smallest absolute Gasteiger partial charge is 0.0159 e. The van der Waals surface area contributed by atoms with Crippen LogP contribution in [0, 0.1) is 0 Å². The van der Waals surface area contributed by atoms with Gasteiger partial charge in [0, 0.05) is 10.8 Å². The quantitative estimate of drug-likeness (QED) is 0.120. The van der Waals surface area contributed by atoms with Crippen LogP contribution in [0.5, 0.6) is 0 Å². The maximum Gasteiger partial charge on any atom is 0.0159 e. The van der Waals surface area contributed by atoms with Gasteiger partial charge in [0.25, 0.3) is 0 Å². The lowest BCUT2D eigenvalue weighted by Gasteiger charge is -2.24. The Labute approximate surface area is 387 Å². The van der Waals surface area contributed by atoms with Crippen molar-refractivity contribution in [3.05, 3.63) is 241 Å². The van der Waals surface area contributed by atoms with Crippen molar-refractivity contribution in [2.45, 2.75) is 38.5 Å². The Kier molecular flexibility index (Phi) is 8.40. The molecular weight excluding hydrogens is 793 g/mol. The SMILES string of the molecule is CC1(C)c2ccccc2-c2cc3c(cc21)-c1ccc(-c2cc(-c4ccccc4)cc(-c4c5ccccc5c(-c5ccccc5-c5ccccc5)c5ccc6ccccc6c45)c2)cc1C3(C)C. The van der Waals surface area contributed by atoms with Crippen molar-refractivity contribution < 1.29 is 0 Å². The Morgan fingerprint density at radius 3 is 1.45 bits per heavy atom. The van der Waals surface area contributed by atoms with Gasteiger partial charge in [-0.05, 0) is 169 Å². The van der Waals surface area contributed by atoms with E-state index in [0.29, 0.717) is 0 Å². The monoisotopic (exact) mass is 840 g/mol. The van der Waals surface area contributed by atoms with E-state index in [-0.39, 0.29) is 10.8 Å². The fourth-order valence-corrected chi connectivity index (χ4v) is 12.0. The molecule has 0 spiro atoms. The van der Waals surface area contributed by atoms with Crippen molar-refractivity contribution in [1.29, 1.82) is 0 Å². The molecule has 0 fully saturated rings. The van der Waals surface area contributed by atoms with Crippen LogP contribution in [0.25, 0.3) is 110 Å². The number of hydrogen-bond acceptors (Lipinski definition) is 0. The average Bonchev–Trinajstić information content (AvgIpc) is 3.73. The molecule has 0 heteroatoms. The van der Waals surface area contributed by atoms with Crippen LogP contribution in [-0.2, 0) is 10.8 Å². The molecule has 11 aromatic carbocycles. The van der Waals surface area contributed by atoms with E-state index in [1.165, 1.54) is 132 Å². The second-order valence-corrected chi connectivity index (χ2v) is 19.6. The van der Waals surface area contributed by atoms with Gasteiger partial charge in [-0.2, -0.15) is 0 Å². The molecule has 11 aromatic rings. The van der Waals surface area contributed by atoms with E-state index < -0.39 is 0 Å². The maximum absolute atomic E-state index is 2.52. The summed E-state index contributed by atoms with van der Waals surface area (Å²) in [6.07, 6.45) is 0. The number of hydrogen-bond donors (Lipinski definition) is 0. The first-order valence-corrected chi connectivity index (χ1v) is 23.4. The zero-order valence-electron chi connectivity index (χ0n) is 37.8. The first-order chi connectivity index (χ1) is 32.3. The van der Waals surface area contributed by atoms with Crippen molar-refractivity contribution in [2.75, 3.05) is 0 Å². The van der Waals surface area contributed by atoms with Crippen molar-refractivity contribution >= 4 is 32.3 Å². The molecule has 0 atom stereocenters. The molecule has 2 aliphatic rings. The highest BCUT2D eigenvalue weighted by atomic mass is 14.4. The van der Waals surface area contributed by atoms with Gasteiger partial charge < -0.3 is 0 Å². The molecule has 0 bridgehead atoms. The summed E-state index contributed by atoms with van der Waals surface area (Å²) in [5.41, 5.74) is 23.2. The molecule has 0 aliphatic heterocycles. The Morgan fingerprint density at radius 2 is 0.742 bits per heavy atom. The molecule has 2 aliphatic carbocycles. The van der Waals surface area contributed by atoms with Crippen molar-refractivity contribution in [1.82, 2.24) is 0 Å². The van der Waals surface area contributed by atoms with Crippen LogP contribution in [-0.4, -0.2) is 0 Å². The van der Waals surface area contributed by atoms with Crippen LogP contribution in [0.15, 0.2) is 218 Å². The summed E-state index contributed by atoms with van der Waals surface area (Å²) in [6, 6.07) is 82.1. The second-order valence-electron chi connectivity index (χ2n) is 19.6. The summed E-state index contributed by atoms with van der Waals surface area (Å²) >= 11 is 0. The van der Waals surface area contributed by atoms with E-state index in [2.05, 4.69) is 246 Å². The summed E-state index contributed by atoms with van der Waals surface area (Å²) in [6.45, 7) is 9.62. The van der Waals surface area contributed by atoms with Crippen LogP contribution in [0.3, 0.4) is 0 Å². The van der Waals surface area contributed by atoms with Gasteiger partial charge in [0.1, 0.15) is 0 Å². The van der Waals surface area contributed by atoms with E-state index >= 15 is 0 Å². The van der Waals surface area contributed by atoms with Gasteiger partial charge in [0.2, 0.25) is 0 Å². The van der Waals surface area contributed by atoms with E-state index in [1.54, 1.807) is 0 Å². The van der Waals surface area contributed by atoms with Gasteiger partial charge in [-0.25, -0.2) is 0 Å². The molecule has 0 N–H and O–H groups in total. The lowest BCUT2D eigenvalue weighted by atomic mass is 9.79. The highest BCUT2D eigenvalue weighted by molar-refractivity contribution is 6.28. The van der Waals surface area contributed by atoms with Crippen LogP contribution in [0.4, 0.5) is 0 Å². The van der Waals surface area contributed by atoms with Gasteiger partial charge in [-0.15, -0.1) is 0 Å². The fraction of sp³-hybridized carbons (Fsp3) is 0.0909. The molecule has 0 unspecified atom stereocenters. The molecule has 0 aromatic heterocycles. The largest absolute Gasteiger partial charge is 0.0622 e. The van der Waals surface area contributed by atoms with Crippen molar-refractivity contribution in [3.63, 3.8) is 0 Å². The van der Waals surface area contributed by atoms with Gasteiger partial charge in [-0.1, -0.05) is 210 Å². The third-order valence-electron chi connectivity index (χ3n) is 15.2. The molecule has 0 amide bonds. The first-order valence-electron chi connectivity index (χ1n) is 23.4. The Balaban J connectivity index is 1.06. The number of rotatable bonds is 5. The Hall–Kier alpha value is -7.80. The molecule has 0 heterocycles. The predicted octanol–water partition coefficient (Wildman–Crippen LogP) is 18.1. The second kappa shape index (κ2) is 14.4. The van der Waals surface area contributed by atoms with Crippen LogP contribution < -0.4 is 0 Å². The summed E-state index contributed by atoms with van der Waals surface area (Å²) in [4.78, 5) is 0. The molecule has 66 heavy (non-hydrogen) atoms. The minimum absolute atomic E-state index is 0.0504. The van der Waals surface area contributed by atoms with E-state index in [9.17, 15) is 0 Å². The zero-order chi connectivity index (χ0) is 44.3. The molecule has 0 saturated carbocycles. The molecule has 0 nitrogen and oxygen atoms in total. The lowest BCUT2D eigenvalue weighted by Crippen LogP contribution is -2.17. The van der Waals surface area contributed by atoms with Crippen LogP contribution in [0.1, 0.15) is 49.9 Å². The number of fused-ring (bicyclic) bond motifs is 10. The maximum atomic E-state index is 2.52. The van der Waals surface area contributed by atoms with Gasteiger partial charge >= 0.3 is 0 Å². The minimum atomic E-state index is -0.172. The normalized spacial score (nSPS) is 14.0. The van der Waals surface area contributed by atoms with Gasteiger partial charge in [0.15, 0.2) is 0 Å². The Bertz CT molecular complexity index is 3790. The average molecular weight is 841 g/mol. The van der Waals surface area contributed by atoms with Crippen molar-refractivity contribution in [2.24, 2.45) is 0 Å². The molecule has 0 radical (unpaired) electrons. The third kappa shape index (κ3) is 5.64. The predicted molar refractivity (Wildman–Crippen MR) is 281 cm³/mol. The summed E-state index contributed by atoms with van der Waals surface area (Å²) in [5, 5.41) is 7.53. The highest BCUT2D eigenvalue weighted by Crippen LogP contribution is 2.57. The zero-order valence-corrected chi connectivity index (χ0v) is 37.8. The topological polar surface area (TPSA) is 0 Å². The van der Waals surface area contributed by atoms with Gasteiger partial charge in [-0.3, -0.25) is 0 Å². The summed E-state index contributed by atoms with van der Waals surface area (Å²) in [5.74, 6) is 0. The summed E-state index contributed by atoms with van der Waals surface area (Å²) < 4.78 is 0. The fourth-order valence-electron chi connectivity index (χ4n) is 12.0. The lowest BCUT2D eigenvalue weighted by molar-refractivity contribution is 0.652. The van der Waals surface area contributed by atoms with E-state index in [0.717, 1.165) is 0 Å². The molecule has 312 valence electrons. The summed E-state index contributed by atoms with van der Waals surface area (Å²) in [7, 11) is 0. The first kappa shape index (κ1) is 38.6. The van der Waals surface area contributed by atoms with Gasteiger partial charge in [0.05, 0.1) is 0 Å². The minimum Gasteiger partial charge on any atom is -0.0622 e. The van der Waals surface area contributed by atoms with Crippen LogP contribution >= 0.6 is 0 Å². The van der Waals surface area contributed by atoms with E-state index in [4.69, 9.17) is 0 Å². The molecular formula is C66H48.